The summed E-state index contributed by atoms with van der Waals surface area (Å²) >= 11 is 0. The molecule has 0 saturated heterocycles. The zero-order valence-corrected chi connectivity index (χ0v) is 9.80. The molecule has 2 aromatic heterocycles. The molecule has 0 bridgehead atoms. The molecule has 3 N–H and O–H groups in total. The standard InChI is InChI=1S/C11H16N6/c1-17-11-8(5-15-17)10(13-6-14-11)16-9(4-12)7-2-3-7/h5-7,9H,2-4,12H2,1H3,(H,13,14,16). The quantitative estimate of drug-likeness (QED) is 0.802. The minimum absolute atomic E-state index is 0.313. The Morgan fingerprint density at radius 1 is 1.53 bits per heavy atom. The molecular weight excluding hydrogens is 216 g/mol. The van der Waals surface area contributed by atoms with E-state index in [1.54, 1.807) is 17.2 Å². The van der Waals surface area contributed by atoms with Crippen LogP contribution in [0.15, 0.2) is 12.5 Å². The molecule has 0 amide bonds. The fraction of sp³-hybridized carbons (Fsp3) is 0.545. The Balaban J connectivity index is 1.93. The highest BCUT2D eigenvalue weighted by atomic mass is 15.3. The second-order valence-corrected chi connectivity index (χ2v) is 4.55. The van der Waals surface area contributed by atoms with Crippen molar-refractivity contribution in [1.82, 2.24) is 19.7 Å². The first-order chi connectivity index (χ1) is 8.29. The van der Waals surface area contributed by atoms with Gasteiger partial charge in [-0.2, -0.15) is 5.10 Å². The van der Waals surface area contributed by atoms with Crippen molar-refractivity contribution in [3.8, 4) is 0 Å². The molecule has 90 valence electrons. The first-order valence-corrected chi connectivity index (χ1v) is 5.89. The van der Waals surface area contributed by atoms with Crippen LogP contribution in [0.25, 0.3) is 11.0 Å². The van der Waals surface area contributed by atoms with E-state index in [1.165, 1.54) is 12.8 Å². The maximum absolute atomic E-state index is 5.78. The summed E-state index contributed by atoms with van der Waals surface area (Å²) in [6.45, 7) is 0.635. The van der Waals surface area contributed by atoms with Crippen molar-refractivity contribution in [2.24, 2.45) is 18.7 Å². The smallest absolute Gasteiger partial charge is 0.163 e. The van der Waals surface area contributed by atoms with Crippen LogP contribution in [0.5, 0.6) is 0 Å². The lowest BCUT2D eigenvalue weighted by atomic mass is 10.2. The highest BCUT2D eigenvalue weighted by molar-refractivity contribution is 5.86. The average molecular weight is 232 g/mol. The Bertz CT molecular complexity index is 530. The molecule has 6 nitrogen and oxygen atoms in total. The monoisotopic (exact) mass is 232 g/mol. The predicted octanol–water partition coefficient (Wildman–Crippen LogP) is 0.513. The van der Waals surface area contributed by atoms with Gasteiger partial charge in [0.2, 0.25) is 0 Å². The van der Waals surface area contributed by atoms with Gasteiger partial charge in [0.1, 0.15) is 12.1 Å². The molecule has 1 fully saturated rings. The summed E-state index contributed by atoms with van der Waals surface area (Å²) in [4.78, 5) is 8.50. The number of nitrogens with one attached hydrogen (secondary N) is 1. The molecular formula is C11H16N6. The molecule has 3 rings (SSSR count). The average Bonchev–Trinajstić information content (AvgIpc) is 3.12. The van der Waals surface area contributed by atoms with Crippen molar-refractivity contribution in [3.63, 3.8) is 0 Å². The molecule has 17 heavy (non-hydrogen) atoms. The Morgan fingerprint density at radius 2 is 2.35 bits per heavy atom. The van der Waals surface area contributed by atoms with Gasteiger partial charge in [0.15, 0.2) is 5.65 Å². The fourth-order valence-corrected chi connectivity index (χ4v) is 2.12. The summed E-state index contributed by atoms with van der Waals surface area (Å²) in [6.07, 6.45) is 5.87. The van der Waals surface area contributed by atoms with E-state index >= 15 is 0 Å². The van der Waals surface area contributed by atoms with E-state index in [0.29, 0.717) is 18.5 Å². The third-order valence-corrected chi connectivity index (χ3v) is 3.30. The van der Waals surface area contributed by atoms with Crippen molar-refractivity contribution in [3.05, 3.63) is 12.5 Å². The van der Waals surface area contributed by atoms with Crippen LogP contribution in [-0.2, 0) is 7.05 Å². The van der Waals surface area contributed by atoms with Crippen LogP contribution in [0.4, 0.5) is 5.82 Å². The van der Waals surface area contributed by atoms with Crippen LogP contribution < -0.4 is 11.1 Å². The van der Waals surface area contributed by atoms with Crippen molar-refractivity contribution in [1.29, 1.82) is 0 Å². The lowest BCUT2D eigenvalue weighted by Crippen LogP contribution is -2.31. The zero-order chi connectivity index (χ0) is 11.8. The fourth-order valence-electron chi connectivity index (χ4n) is 2.12. The second kappa shape index (κ2) is 3.96. The number of aromatic nitrogens is 4. The minimum atomic E-state index is 0.313. The second-order valence-electron chi connectivity index (χ2n) is 4.55. The number of hydrogen-bond donors (Lipinski definition) is 2. The van der Waals surface area contributed by atoms with Gasteiger partial charge in [0.25, 0.3) is 0 Å². The van der Waals surface area contributed by atoms with Gasteiger partial charge in [-0.3, -0.25) is 4.68 Å². The Hall–Kier alpha value is -1.69. The van der Waals surface area contributed by atoms with Gasteiger partial charge in [-0.05, 0) is 18.8 Å². The van der Waals surface area contributed by atoms with Crippen molar-refractivity contribution < 1.29 is 0 Å². The van der Waals surface area contributed by atoms with Crippen LogP contribution in [0.2, 0.25) is 0 Å². The molecule has 6 heteroatoms. The number of hydrogen-bond acceptors (Lipinski definition) is 5. The number of rotatable bonds is 4. The van der Waals surface area contributed by atoms with E-state index < -0.39 is 0 Å². The van der Waals surface area contributed by atoms with Crippen molar-refractivity contribution in [2.75, 3.05) is 11.9 Å². The van der Waals surface area contributed by atoms with Gasteiger partial charge in [0, 0.05) is 19.6 Å². The first-order valence-electron chi connectivity index (χ1n) is 5.89. The van der Waals surface area contributed by atoms with Gasteiger partial charge >= 0.3 is 0 Å². The lowest BCUT2D eigenvalue weighted by molar-refractivity contribution is 0.643. The topological polar surface area (TPSA) is 81.7 Å². The SMILES string of the molecule is Cn1ncc2c(NC(CN)C3CC3)ncnc21. The number of fused-ring (bicyclic) bond motifs is 1. The largest absolute Gasteiger partial charge is 0.365 e. The molecule has 0 radical (unpaired) electrons. The summed E-state index contributed by atoms with van der Waals surface area (Å²) in [7, 11) is 1.88. The van der Waals surface area contributed by atoms with E-state index in [9.17, 15) is 0 Å². The third-order valence-electron chi connectivity index (χ3n) is 3.30. The molecule has 1 saturated carbocycles. The Kier molecular flexibility index (Phi) is 2.44. The minimum Gasteiger partial charge on any atom is -0.365 e. The molecule has 0 spiro atoms. The predicted molar refractivity (Wildman–Crippen MR) is 65.5 cm³/mol. The number of nitrogens with zero attached hydrogens (tertiary/aromatic N) is 4. The van der Waals surface area contributed by atoms with Gasteiger partial charge in [-0.1, -0.05) is 0 Å². The lowest BCUT2D eigenvalue weighted by Gasteiger charge is -2.16. The number of nitrogens with two attached hydrogens (primary N) is 1. The van der Waals surface area contributed by atoms with Crippen LogP contribution in [0, 0.1) is 5.92 Å². The van der Waals surface area contributed by atoms with Crippen molar-refractivity contribution in [2.45, 2.75) is 18.9 Å². The highest BCUT2D eigenvalue weighted by Gasteiger charge is 2.30. The molecule has 2 heterocycles. The summed E-state index contributed by atoms with van der Waals surface area (Å²) in [5.41, 5.74) is 6.63. The summed E-state index contributed by atoms with van der Waals surface area (Å²) in [6, 6.07) is 0.313. The van der Waals surface area contributed by atoms with E-state index in [1.807, 2.05) is 7.05 Å². The van der Waals surface area contributed by atoms with Gasteiger partial charge in [-0.15, -0.1) is 0 Å². The van der Waals surface area contributed by atoms with E-state index in [2.05, 4.69) is 20.4 Å². The Labute approximate surface area is 99.2 Å². The number of anilines is 1. The van der Waals surface area contributed by atoms with Gasteiger partial charge in [0.05, 0.1) is 11.6 Å². The Morgan fingerprint density at radius 3 is 3.06 bits per heavy atom. The highest BCUT2D eigenvalue weighted by Crippen LogP contribution is 2.34. The third kappa shape index (κ3) is 1.84. The molecule has 1 aliphatic carbocycles. The van der Waals surface area contributed by atoms with Crippen LogP contribution >= 0.6 is 0 Å². The van der Waals surface area contributed by atoms with E-state index in [-0.39, 0.29) is 0 Å². The first kappa shape index (κ1) is 10.5. The van der Waals surface area contributed by atoms with E-state index in [0.717, 1.165) is 16.9 Å². The summed E-state index contributed by atoms with van der Waals surface area (Å²) in [5, 5.41) is 8.56. The maximum atomic E-state index is 5.78. The van der Waals surface area contributed by atoms with Crippen LogP contribution in [0.3, 0.4) is 0 Å². The summed E-state index contributed by atoms with van der Waals surface area (Å²) in [5.74, 6) is 1.53. The normalized spacial score (nSPS) is 17.3. The summed E-state index contributed by atoms with van der Waals surface area (Å²) < 4.78 is 1.75. The van der Waals surface area contributed by atoms with Crippen molar-refractivity contribution >= 4 is 16.9 Å². The molecule has 1 atom stereocenters. The molecule has 1 aliphatic rings. The maximum Gasteiger partial charge on any atom is 0.163 e. The van der Waals surface area contributed by atoms with Gasteiger partial charge < -0.3 is 11.1 Å². The molecule has 0 aromatic carbocycles. The zero-order valence-electron chi connectivity index (χ0n) is 9.80. The molecule has 0 aliphatic heterocycles. The van der Waals surface area contributed by atoms with Gasteiger partial charge in [-0.25, -0.2) is 9.97 Å². The van der Waals surface area contributed by atoms with Crippen LogP contribution in [-0.4, -0.2) is 32.3 Å². The molecule has 2 aromatic rings. The van der Waals surface area contributed by atoms with Crippen LogP contribution in [0.1, 0.15) is 12.8 Å². The molecule has 1 unspecified atom stereocenters. The number of aryl methyl sites for hydroxylation is 1. The van der Waals surface area contributed by atoms with E-state index in [4.69, 9.17) is 5.73 Å².